The summed E-state index contributed by atoms with van der Waals surface area (Å²) in [6, 6.07) is 0. The summed E-state index contributed by atoms with van der Waals surface area (Å²) in [5.74, 6) is 0.177. The molecule has 1 rings (SSSR count). The second-order valence-corrected chi connectivity index (χ2v) is 7.88. The average molecular weight is 351 g/mol. The van der Waals surface area contributed by atoms with Crippen LogP contribution >= 0.6 is 0 Å². The Morgan fingerprint density at radius 1 is 1.28 bits per heavy atom. The molecule has 1 aliphatic carbocycles. The maximum absolute atomic E-state index is 12.3. The van der Waals surface area contributed by atoms with Gasteiger partial charge < -0.3 is 9.84 Å². The normalized spacial score (nSPS) is 23.1. The van der Waals surface area contributed by atoms with E-state index in [2.05, 4.69) is 26.8 Å². The first kappa shape index (κ1) is 22.0. The molecule has 0 saturated carbocycles. The maximum atomic E-state index is 12.3. The van der Waals surface area contributed by atoms with Gasteiger partial charge in [0, 0.05) is 13.7 Å². The van der Waals surface area contributed by atoms with Crippen molar-refractivity contribution in [3.05, 3.63) is 23.8 Å². The van der Waals surface area contributed by atoms with Crippen LogP contribution < -0.4 is 0 Å². The van der Waals surface area contributed by atoms with Crippen LogP contribution in [-0.2, 0) is 9.53 Å². The summed E-state index contributed by atoms with van der Waals surface area (Å²) in [5.41, 5.74) is 0.521. The van der Waals surface area contributed by atoms with Gasteiger partial charge in [0.05, 0.1) is 5.41 Å². The Morgan fingerprint density at radius 2 is 2.04 bits per heavy atom. The molecular formula is C22H38O3. The van der Waals surface area contributed by atoms with E-state index < -0.39 is 11.4 Å². The zero-order valence-electron chi connectivity index (χ0n) is 16.7. The first-order valence-electron chi connectivity index (χ1n) is 10.1. The van der Waals surface area contributed by atoms with Gasteiger partial charge in [0.25, 0.3) is 0 Å². The third-order valence-electron chi connectivity index (χ3n) is 5.48. The molecule has 0 aliphatic heterocycles. The van der Waals surface area contributed by atoms with E-state index in [1.54, 1.807) is 7.11 Å². The van der Waals surface area contributed by atoms with Crippen molar-refractivity contribution in [2.24, 2.45) is 17.3 Å². The predicted octanol–water partition coefficient (Wildman–Crippen LogP) is 6.00. The minimum Gasteiger partial charge on any atom is -0.481 e. The lowest BCUT2D eigenvalue weighted by molar-refractivity contribution is -0.149. The lowest BCUT2D eigenvalue weighted by Crippen LogP contribution is -2.39. The minimum atomic E-state index is -0.731. The lowest BCUT2D eigenvalue weighted by atomic mass is 9.64. The van der Waals surface area contributed by atoms with E-state index in [9.17, 15) is 9.90 Å². The monoisotopic (exact) mass is 350 g/mol. The van der Waals surface area contributed by atoms with Gasteiger partial charge in [0.2, 0.25) is 0 Å². The van der Waals surface area contributed by atoms with Gasteiger partial charge in [0.1, 0.15) is 0 Å². The smallest absolute Gasteiger partial charge is 0.314 e. The first-order chi connectivity index (χ1) is 12.0. The molecule has 0 spiro atoms. The molecule has 3 nitrogen and oxygen atoms in total. The number of carboxylic acids is 1. The largest absolute Gasteiger partial charge is 0.481 e. The lowest BCUT2D eigenvalue weighted by Gasteiger charge is -2.39. The summed E-state index contributed by atoms with van der Waals surface area (Å²) >= 11 is 0. The van der Waals surface area contributed by atoms with Gasteiger partial charge in [-0.25, -0.2) is 0 Å². The topological polar surface area (TPSA) is 46.5 Å². The van der Waals surface area contributed by atoms with Crippen LogP contribution in [0.5, 0.6) is 0 Å². The molecular weight excluding hydrogens is 312 g/mol. The highest BCUT2D eigenvalue weighted by Gasteiger charge is 2.45. The Balaban J connectivity index is 2.85. The van der Waals surface area contributed by atoms with Crippen molar-refractivity contribution in [1.82, 2.24) is 0 Å². The van der Waals surface area contributed by atoms with Crippen molar-refractivity contribution in [2.45, 2.75) is 78.6 Å². The van der Waals surface area contributed by atoms with Crippen LogP contribution in [0.15, 0.2) is 23.8 Å². The fourth-order valence-corrected chi connectivity index (χ4v) is 3.97. The fraction of sp³-hybridized carbons (Fsp3) is 0.773. The van der Waals surface area contributed by atoms with Crippen molar-refractivity contribution in [3.8, 4) is 0 Å². The Labute approximate surface area is 154 Å². The molecule has 0 aromatic rings. The van der Waals surface area contributed by atoms with Gasteiger partial charge in [-0.3, -0.25) is 4.79 Å². The highest BCUT2D eigenvalue weighted by atomic mass is 16.5. The van der Waals surface area contributed by atoms with Crippen molar-refractivity contribution in [2.75, 3.05) is 13.7 Å². The van der Waals surface area contributed by atoms with Gasteiger partial charge in [-0.1, -0.05) is 83.1 Å². The molecule has 0 bridgehead atoms. The summed E-state index contributed by atoms with van der Waals surface area (Å²) in [4.78, 5) is 12.3. The number of carboxylic acid groups (broad SMARTS) is 1. The van der Waals surface area contributed by atoms with Gasteiger partial charge in [-0.05, 0) is 31.1 Å². The summed E-state index contributed by atoms with van der Waals surface area (Å²) in [6.45, 7) is 7.32. The molecule has 3 heteroatoms. The molecule has 1 aliphatic rings. The molecule has 2 atom stereocenters. The standard InChI is InChI=1S/C22H38O3/c1-5-6-13-20-19(14-17-25-4)12-10-16-22(20,21(23)24)15-9-7-8-11-18(2)3/h10,12,16,18,20H,5-9,11,13-15,17H2,1-4H3,(H,23,24). The fourth-order valence-electron chi connectivity index (χ4n) is 3.97. The number of hydrogen-bond donors (Lipinski definition) is 1. The van der Waals surface area contributed by atoms with E-state index in [0.717, 1.165) is 50.9 Å². The Kier molecular flexibility index (Phi) is 10.1. The molecule has 2 unspecified atom stereocenters. The van der Waals surface area contributed by atoms with Crippen LogP contribution in [0, 0.1) is 17.3 Å². The van der Waals surface area contributed by atoms with E-state index in [-0.39, 0.29) is 5.92 Å². The number of aliphatic carboxylic acids is 1. The molecule has 0 aromatic heterocycles. The van der Waals surface area contributed by atoms with E-state index in [0.29, 0.717) is 6.61 Å². The third kappa shape index (κ3) is 6.62. The van der Waals surface area contributed by atoms with Crippen LogP contribution in [0.3, 0.4) is 0 Å². The highest BCUT2D eigenvalue weighted by molar-refractivity contribution is 5.79. The number of allylic oxidation sites excluding steroid dienone is 2. The van der Waals surface area contributed by atoms with Gasteiger partial charge in [-0.15, -0.1) is 0 Å². The summed E-state index contributed by atoms with van der Waals surface area (Å²) in [5, 5.41) is 10.1. The number of methoxy groups -OCH3 is 1. The second-order valence-electron chi connectivity index (χ2n) is 7.88. The molecule has 1 N–H and O–H groups in total. The summed E-state index contributed by atoms with van der Waals surface area (Å²) in [7, 11) is 1.71. The Morgan fingerprint density at radius 3 is 2.64 bits per heavy atom. The quantitative estimate of drug-likeness (QED) is 0.414. The van der Waals surface area contributed by atoms with Crippen LogP contribution in [0.1, 0.15) is 78.6 Å². The van der Waals surface area contributed by atoms with Crippen molar-refractivity contribution in [3.63, 3.8) is 0 Å². The zero-order valence-corrected chi connectivity index (χ0v) is 16.7. The third-order valence-corrected chi connectivity index (χ3v) is 5.48. The summed E-state index contributed by atoms with van der Waals surface area (Å²) < 4.78 is 5.25. The maximum Gasteiger partial charge on any atom is 0.314 e. The first-order valence-corrected chi connectivity index (χ1v) is 10.1. The van der Waals surface area contributed by atoms with Gasteiger partial charge >= 0.3 is 5.97 Å². The molecule has 144 valence electrons. The predicted molar refractivity (Wildman–Crippen MR) is 105 cm³/mol. The molecule has 0 heterocycles. The molecule has 0 aromatic carbocycles. The molecule has 0 fully saturated rings. The van der Waals surface area contributed by atoms with E-state index in [1.165, 1.54) is 18.4 Å². The summed E-state index contributed by atoms with van der Waals surface area (Å²) in [6.07, 6.45) is 15.3. The molecule has 25 heavy (non-hydrogen) atoms. The molecule has 0 radical (unpaired) electrons. The SMILES string of the molecule is CCCCC1C(CCOC)=CC=CC1(CCCCCC(C)C)C(=O)O. The van der Waals surface area contributed by atoms with Crippen molar-refractivity contribution < 1.29 is 14.6 Å². The highest BCUT2D eigenvalue weighted by Crippen LogP contribution is 2.46. The van der Waals surface area contributed by atoms with Gasteiger partial charge in [-0.2, -0.15) is 0 Å². The van der Waals surface area contributed by atoms with Crippen LogP contribution in [0.25, 0.3) is 0 Å². The van der Waals surface area contributed by atoms with Crippen LogP contribution in [0.2, 0.25) is 0 Å². The van der Waals surface area contributed by atoms with Gasteiger partial charge in [0.15, 0.2) is 0 Å². The van der Waals surface area contributed by atoms with Crippen molar-refractivity contribution >= 4 is 5.97 Å². The van der Waals surface area contributed by atoms with E-state index >= 15 is 0 Å². The molecule has 0 amide bonds. The van der Waals surface area contributed by atoms with E-state index in [1.807, 2.05) is 12.2 Å². The average Bonchev–Trinajstić information content (AvgIpc) is 2.58. The number of carbonyl (C=O) groups is 1. The molecule has 0 saturated heterocycles. The number of rotatable bonds is 13. The minimum absolute atomic E-state index is 0.107. The van der Waals surface area contributed by atoms with E-state index in [4.69, 9.17) is 4.74 Å². The Hall–Kier alpha value is -1.09. The van der Waals surface area contributed by atoms with Crippen LogP contribution in [-0.4, -0.2) is 24.8 Å². The number of ether oxygens (including phenoxy) is 1. The van der Waals surface area contributed by atoms with Crippen LogP contribution in [0.4, 0.5) is 0 Å². The number of hydrogen-bond acceptors (Lipinski definition) is 2. The second kappa shape index (κ2) is 11.5. The Bertz CT molecular complexity index is 450. The zero-order chi connectivity index (χ0) is 18.7. The van der Waals surface area contributed by atoms with Crippen molar-refractivity contribution in [1.29, 1.82) is 0 Å². The number of unbranched alkanes of at least 4 members (excludes halogenated alkanes) is 3.